The number of likely N-dealkylation sites (tertiary alicyclic amines) is 1. The summed E-state index contributed by atoms with van der Waals surface area (Å²) in [5.74, 6) is 2.85. The second-order valence-electron chi connectivity index (χ2n) is 9.08. The average Bonchev–Trinajstić information content (AvgIpc) is 3.50. The fourth-order valence-corrected chi connectivity index (χ4v) is 4.86. The van der Waals surface area contributed by atoms with E-state index in [4.69, 9.17) is 18.9 Å². The lowest BCUT2D eigenvalue weighted by Crippen LogP contribution is -2.48. The third kappa shape index (κ3) is 8.24. The summed E-state index contributed by atoms with van der Waals surface area (Å²) >= 11 is 0. The van der Waals surface area contributed by atoms with Gasteiger partial charge in [0, 0.05) is 39.2 Å². The number of ether oxygens (including phenoxy) is 2. The first-order valence-electron chi connectivity index (χ1n) is 12.2. The highest BCUT2D eigenvalue weighted by Gasteiger charge is 2.24. The molecule has 1 atom stereocenters. The Morgan fingerprint density at radius 3 is 2.65 bits per heavy atom. The highest BCUT2D eigenvalue weighted by atomic mass is 127. The molecule has 1 N–H and O–H groups in total. The zero-order valence-electron chi connectivity index (χ0n) is 18.8. The molecular weight excluding hydrogens is 505 g/mol. The summed E-state index contributed by atoms with van der Waals surface area (Å²) in [4.78, 5) is 7.49. The largest absolute Gasteiger partial charge is 0.469 e. The number of hydrogen-bond acceptors (Lipinski definition) is 4. The predicted molar refractivity (Wildman–Crippen MR) is 134 cm³/mol. The Morgan fingerprint density at radius 2 is 1.94 bits per heavy atom. The number of rotatable bonds is 8. The molecule has 2 saturated heterocycles. The van der Waals surface area contributed by atoms with E-state index in [0.29, 0.717) is 12.2 Å². The molecule has 3 fully saturated rings. The van der Waals surface area contributed by atoms with Crippen molar-refractivity contribution in [3.63, 3.8) is 0 Å². The molecule has 31 heavy (non-hydrogen) atoms. The maximum absolute atomic E-state index is 6.16. The summed E-state index contributed by atoms with van der Waals surface area (Å²) in [6, 6.07) is 3.99. The normalized spacial score (nSPS) is 23.7. The number of piperidine rings is 1. The Kier molecular flexibility index (Phi) is 11.0. The van der Waals surface area contributed by atoms with Gasteiger partial charge in [-0.2, -0.15) is 0 Å². The number of guanidine groups is 1. The molecule has 176 valence electrons. The van der Waals surface area contributed by atoms with Crippen molar-refractivity contribution in [1.29, 1.82) is 0 Å². The summed E-state index contributed by atoms with van der Waals surface area (Å²) in [6.45, 7) is 5.48. The van der Waals surface area contributed by atoms with E-state index in [1.807, 2.05) is 12.1 Å². The van der Waals surface area contributed by atoms with Gasteiger partial charge >= 0.3 is 0 Å². The minimum Gasteiger partial charge on any atom is -0.469 e. The summed E-state index contributed by atoms with van der Waals surface area (Å²) in [5, 5.41) is 3.61. The fraction of sp³-hybridized carbons (Fsp3) is 0.792. The van der Waals surface area contributed by atoms with Crippen LogP contribution in [0.3, 0.4) is 0 Å². The average molecular weight is 546 g/mol. The van der Waals surface area contributed by atoms with Gasteiger partial charge < -0.3 is 24.1 Å². The van der Waals surface area contributed by atoms with E-state index in [1.165, 1.54) is 38.5 Å². The molecule has 7 heteroatoms. The first-order valence-corrected chi connectivity index (χ1v) is 12.2. The zero-order valence-corrected chi connectivity index (χ0v) is 21.1. The SMILES string of the molecule is I.c1coc(CCNC(=NCC2CCCCC2)N2CCC(OCC3CCCO3)CC2)c1. The molecule has 3 heterocycles. The topological polar surface area (TPSA) is 59.2 Å². The highest BCUT2D eigenvalue weighted by molar-refractivity contribution is 14.0. The summed E-state index contributed by atoms with van der Waals surface area (Å²) < 4.78 is 17.3. The highest BCUT2D eigenvalue weighted by Crippen LogP contribution is 2.24. The Labute approximate surface area is 204 Å². The van der Waals surface area contributed by atoms with Crippen LogP contribution in [0.25, 0.3) is 0 Å². The summed E-state index contributed by atoms with van der Waals surface area (Å²) in [6.07, 6.45) is 14.6. The maximum Gasteiger partial charge on any atom is 0.193 e. The third-order valence-electron chi connectivity index (χ3n) is 6.74. The molecule has 3 aliphatic rings. The van der Waals surface area contributed by atoms with Gasteiger partial charge in [-0.1, -0.05) is 19.3 Å². The van der Waals surface area contributed by atoms with Crippen LogP contribution in [0.2, 0.25) is 0 Å². The van der Waals surface area contributed by atoms with E-state index in [0.717, 1.165) is 82.7 Å². The molecule has 2 aliphatic heterocycles. The first kappa shape index (κ1) is 24.8. The van der Waals surface area contributed by atoms with Crippen molar-refractivity contribution < 1.29 is 13.9 Å². The summed E-state index contributed by atoms with van der Waals surface area (Å²) in [7, 11) is 0. The Morgan fingerprint density at radius 1 is 1.10 bits per heavy atom. The van der Waals surface area contributed by atoms with E-state index in [-0.39, 0.29) is 24.0 Å². The van der Waals surface area contributed by atoms with E-state index >= 15 is 0 Å². The predicted octanol–water partition coefficient (Wildman–Crippen LogP) is 4.63. The third-order valence-corrected chi connectivity index (χ3v) is 6.74. The number of aliphatic imine (C=N–C) groups is 1. The molecule has 1 unspecified atom stereocenters. The molecule has 0 amide bonds. The Balaban J connectivity index is 0.00000272. The molecule has 6 nitrogen and oxygen atoms in total. The number of halogens is 1. The number of furan rings is 1. The van der Waals surface area contributed by atoms with Crippen molar-refractivity contribution in [2.45, 2.75) is 76.4 Å². The minimum atomic E-state index is 0. The first-order chi connectivity index (χ1) is 14.9. The van der Waals surface area contributed by atoms with Crippen molar-refractivity contribution >= 4 is 29.9 Å². The van der Waals surface area contributed by atoms with Gasteiger partial charge in [-0.15, -0.1) is 24.0 Å². The lowest BCUT2D eigenvalue weighted by atomic mass is 9.89. The molecule has 0 bridgehead atoms. The zero-order chi connectivity index (χ0) is 20.4. The molecule has 4 rings (SSSR count). The molecule has 0 spiro atoms. The van der Waals surface area contributed by atoms with E-state index in [2.05, 4.69) is 10.2 Å². The quantitative estimate of drug-likeness (QED) is 0.294. The fourth-order valence-electron chi connectivity index (χ4n) is 4.86. The van der Waals surface area contributed by atoms with Crippen molar-refractivity contribution in [2.75, 3.05) is 39.4 Å². The molecular formula is C24H40IN3O3. The van der Waals surface area contributed by atoms with Gasteiger partial charge in [0.1, 0.15) is 5.76 Å². The van der Waals surface area contributed by atoms with Crippen molar-refractivity contribution in [1.82, 2.24) is 10.2 Å². The smallest absolute Gasteiger partial charge is 0.193 e. The number of nitrogens with one attached hydrogen (secondary N) is 1. The number of nitrogens with zero attached hydrogens (tertiary/aromatic N) is 2. The molecule has 1 aromatic heterocycles. The Hall–Kier alpha value is -0.800. The Bertz CT molecular complexity index is 620. The van der Waals surface area contributed by atoms with Crippen molar-refractivity contribution in [2.24, 2.45) is 10.9 Å². The van der Waals surface area contributed by atoms with Gasteiger partial charge in [0.2, 0.25) is 0 Å². The van der Waals surface area contributed by atoms with Crippen LogP contribution in [-0.2, 0) is 15.9 Å². The molecule has 1 saturated carbocycles. The van der Waals surface area contributed by atoms with Crippen molar-refractivity contribution in [3.05, 3.63) is 24.2 Å². The monoisotopic (exact) mass is 545 g/mol. The summed E-state index contributed by atoms with van der Waals surface area (Å²) in [5.41, 5.74) is 0. The van der Waals surface area contributed by atoms with Crippen LogP contribution in [0.1, 0.15) is 63.5 Å². The second kappa shape index (κ2) is 13.7. The molecule has 0 radical (unpaired) electrons. The van der Waals surface area contributed by atoms with Gasteiger partial charge in [-0.05, 0) is 56.6 Å². The van der Waals surface area contributed by atoms with Crippen LogP contribution in [0, 0.1) is 5.92 Å². The lowest BCUT2D eigenvalue weighted by molar-refractivity contribution is -0.0367. The van der Waals surface area contributed by atoms with E-state index in [9.17, 15) is 0 Å². The van der Waals surface area contributed by atoms with Gasteiger partial charge in [0.15, 0.2) is 5.96 Å². The van der Waals surface area contributed by atoms with Crippen LogP contribution in [0.5, 0.6) is 0 Å². The van der Waals surface area contributed by atoms with E-state index < -0.39 is 0 Å². The molecule has 1 aliphatic carbocycles. The van der Waals surface area contributed by atoms with Crippen LogP contribution < -0.4 is 5.32 Å². The van der Waals surface area contributed by atoms with Crippen LogP contribution >= 0.6 is 24.0 Å². The van der Waals surface area contributed by atoms with Gasteiger partial charge in [0.25, 0.3) is 0 Å². The number of hydrogen-bond donors (Lipinski definition) is 1. The van der Waals surface area contributed by atoms with Crippen LogP contribution in [0.4, 0.5) is 0 Å². The second-order valence-corrected chi connectivity index (χ2v) is 9.08. The standard InChI is InChI=1S/C24H39N3O3.HI/c1-2-6-20(7-3-1)18-26-24(25-13-10-21-8-4-16-28-21)27-14-11-22(12-15-27)30-19-23-9-5-17-29-23;/h4,8,16,20,22-23H,1-3,5-7,9-15,17-19H2,(H,25,26);1H. The lowest BCUT2D eigenvalue weighted by Gasteiger charge is -2.35. The van der Waals surface area contributed by atoms with Gasteiger partial charge in [-0.25, -0.2) is 0 Å². The maximum atomic E-state index is 6.16. The molecule has 1 aromatic rings. The van der Waals surface area contributed by atoms with Crippen LogP contribution in [-0.4, -0.2) is 62.5 Å². The van der Waals surface area contributed by atoms with Crippen molar-refractivity contribution in [3.8, 4) is 0 Å². The molecule has 0 aromatic carbocycles. The van der Waals surface area contributed by atoms with Gasteiger partial charge in [0.05, 0.1) is 25.1 Å². The van der Waals surface area contributed by atoms with Crippen LogP contribution in [0.15, 0.2) is 27.8 Å². The van der Waals surface area contributed by atoms with E-state index in [1.54, 1.807) is 6.26 Å². The minimum absolute atomic E-state index is 0. The van der Waals surface area contributed by atoms with Gasteiger partial charge in [-0.3, -0.25) is 4.99 Å².